The van der Waals surface area contributed by atoms with Crippen molar-refractivity contribution in [1.29, 1.82) is 0 Å². The third kappa shape index (κ3) is 3.13. The van der Waals surface area contributed by atoms with E-state index in [1.165, 1.54) is 0 Å². The summed E-state index contributed by atoms with van der Waals surface area (Å²) in [7, 11) is 0. The molecule has 102 valence electrons. The lowest BCUT2D eigenvalue weighted by Crippen LogP contribution is -2.03. The van der Waals surface area contributed by atoms with Crippen molar-refractivity contribution >= 4 is 37.6 Å². The third-order valence-electron chi connectivity index (χ3n) is 3.12. The van der Waals surface area contributed by atoms with E-state index in [1.807, 2.05) is 42.5 Å². The molecule has 0 unspecified atom stereocenters. The first-order chi connectivity index (χ1) is 9.63. The number of hydrogen-bond acceptors (Lipinski definition) is 2. The molecule has 0 spiro atoms. The zero-order valence-electron chi connectivity index (χ0n) is 10.6. The second-order valence-corrected chi connectivity index (χ2v) is 6.56. The molecule has 2 nitrogen and oxygen atoms in total. The number of halogens is 2. The van der Waals surface area contributed by atoms with Crippen LogP contribution in [0.15, 0.2) is 51.4 Å². The molecular formula is C16H12Br2O2. The topological polar surface area (TPSA) is 26.3 Å². The highest BCUT2D eigenvalue weighted by Crippen LogP contribution is 2.28. The van der Waals surface area contributed by atoms with Crippen LogP contribution in [-0.2, 0) is 0 Å². The standard InChI is InChI=1S/C16H12Br2O2/c17-11-3-8-14(15(18)9-11)16(19)10-1-4-12(5-2-10)20-13-6-7-13/h1-5,8-9,13H,6-7H2. The van der Waals surface area contributed by atoms with E-state index in [-0.39, 0.29) is 5.78 Å². The van der Waals surface area contributed by atoms with E-state index >= 15 is 0 Å². The zero-order valence-corrected chi connectivity index (χ0v) is 13.8. The van der Waals surface area contributed by atoms with Gasteiger partial charge in [-0.25, -0.2) is 0 Å². The fraction of sp³-hybridized carbons (Fsp3) is 0.188. The molecule has 3 rings (SSSR count). The van der Waals surface area contributed by atoms with Crippen LogP contribution in [0.2, 0.25) is 0 Å². The minimum atomic E-state index is 0.00217. The molecule has 4 heteroatoms. The maximum Gasteiger partial charge on any atom is 0.194 e. The molecule has 20 heavy (non-hydrogen) atoms. The van der Waals surface area contributed by atoms with Crippen LogP contribution in [0.25, 0.3) is 0 Å². The molecule has 0 N–H and O–H groups in total. The van der Waals surface area contributed by atoms with Crippen LogP contribution in [0, 0.1) is 0 Å². The number of rotatable bonds is 4. The van der Waals surface area contributed by atoms with Gasteiger partial charge in [-0.15, -0.1) is 0 Å². The summed E-state index contributed by atoms with van der Waals surface area (Å²) in [6, 6.07) is 12.9. The second-order valence-electron chi connectivity index (χ2n) is 4.79. The van der Waals surface area contributed by atoms with Crippen molar-refractivity contribution in [1.82, 2.24) is 0 Å². The number of benzene rings is 2. The number of hydrogen-bond donors (Lipinski definition) is 0. The molecule has 0 aliphatic heterocycles. The first kappa shape index (κ1) is 13.8. The van der Waals surface area contributed by atoms with Crippen molar-refractivity contribution in [3.63, 3.8) is 0 Å². The summed E-state index contributed by atoms with van der Waals surface area (Å²) in [5.41, 5.74) is 1.32. The van der Waals surface area contributed by atoms with Gasteiger partial charge in [0.1, 0.15) is 5.75 Å². The molecule has 2 aromatic carbocycles. The SMILES string of the molecule is O=C(c1ccc(OC2CC2)cc1)c1ccc(Br)cc1Br. The molecule has 1 aliphatic rings. The Balaban J connectivity index is 1.82. The molecule has 1 saturated carbocycles. The van der Waals surface area contributed by atoms with Gasteiger partial charge in [0, 0.05) is 20.1 Å². The van der Waals surface area contributed by atoms with Crippen molar-refractivity contribution in [3.05, 3.63) is 62.5 Å². The quantitative estimate of drug-likeness (QED) is 0.682. The minimum absolute atomic E-state index is 0.00217. The number of ether oxygens (including phenoxy) is 1. The average molecular weight is 396 g/mol. The van der Waals surface area contributed by atoms with Gasteiger partial charge in [-0.1, -0.05) is 15.9 Å². The summed E-state index contributed by atoms with van der Waals surface area (Å²) < 4.78 is 7.40. The van der Waals surface area contributed by atoms with Gasteiger partial charge in [0.25, 0.3) is 0 Å². The van der Waals surface area contributed by atoms with Crippen LogP contribution in [0.4, 0.5) is 0 Å². The Morgan fingerprint density at radius 1 is 1.05 bits per heavy atom. The van der Waals surface area contributed by atoms with Crippen LogP contribution in [-0.4, -0.2) is 11.9 Å². The summed E-state index contributed by atoms with van der Waals surface area (Å²) in [5, 5.41) is 0. The fourth-order valence-electron chi connectivity index (χ4n) is 1.89. The normalized spacial score (nSPS) is 14.1. The molecule has 0 amide bonds. The highest BCUT2D eigenvalue weighted by molar-refractivity contribution is 9.11. The second kappa shape index (κ2) is 5.70. The summed E-state index contributed by atoms with van der Waals surface area (Å²) in [6.07, 6.45) is 2.64. The van der Waals surface area contributed by atoms with Gasteiger partial charge in [-0.05, 0) is 71.2 Å². The smallest absolute Gasteiger partial charge is 0.194 e. The highest BCUT2D eigenvalue weighted by Gasteiger charge is 2.23. The third-order valence-corrected chi connectivity index (χ3v) is 4.27. The Kier molecular flexibility index (Phi) is 3.94. The molecular weight excluding hydrogens is 384 g/mol. The van der Waals surface area contributed by atoms with Gasteiger partial charge in [0.05, 0.1) is 6.10 Å². The van der Waals surface area contributed by atoms with E-state index in [1.54, 1.807) is 0 Å². The maximum absolute atomic E-state index is 12.4. The lowest BCUT2D eigenvalue weighted by molar-refractivity contribution is 0.103. The van der Waals surface area contributed by atoms with Crippen molar-refractivity contribution in [3.8, 4) is 5.75 Å². The largest absolute Gasteiger partial charge is 0.490 e. The van der Waals surface area contributed by atoms with Crippen LogP contribution >= 0.6 is 31.9 Å². The van der Waals surface area contributed by atoms with E-state index < -0.39 is 0 Å². The monoisotopic (exact) mass is 394 g/mol. The molecule has 0 heterocycles. The molecule has 1 aliphatic carbocycles. The summed E-state index contributed by atoms with van der Waals surface area (Å²) in [6.45, 7) is 0. The van der Waals surface area contributed by atoms with E-state index in [2.05, 4.69) is 31.9 Å². The van der Waals surface area contributed by atoms with Crippen molar-refractivity contribution < 1.29 is 9.53 Å². The Morgan fingerprint density at radius 2 is 1.75 bits per heavy atom. The molecule has 0 radical (unpaired) electrons. The van der Waals surface area contributed by atoms with Crippen molar-refractivity contribution in [2.24, 2.45) is 0 Å². The highest BCUT2D eigenvalue weighted by atomic mass is 79.9. The molecule has 0 bridgehead atoms. The molecule has 1 fully saturated rings. The number of ketones is 1. The average Bonchev–Trinajstić information content (AvgIpc) is 3.23. The van der Waals surface area contributed by atoms with Crippen molar-refractivity contribution in [2.75, 3.05) is 0 Å². The maximum atomic E-state index is 12.4. The Morgan fingerprint density at radius 3 is 2.35 bits per heavy atom. The molecule has 0 atom stereocenters. The van der Waals surface area contributed by atoms with Crippen molar-refractivity contribution in [2.45, 2.75) is 18.9 Å². The van der Waals surface area contributed by atoms with Crippen LogP contribution < -0.4 is 4.74 Å². The zero-order chi connectivity index (χ0) is 14.1. The first-order valence-corrected chi connectivity index (χ1v) is 7.98. The van der Waals surface area contributed by atoms with Crippen LogP contribution in [0.1, 0.15) is 28.8 Å². The molecule has 2 aromatic rings. The predicted octanol–water partition coefficient (Wildman–Crippen LogP) is 4.98. The number of carbonyl (C=O) groups excluding carboxylic acids is 1. The summed E-state index contributed by atoms with van der Waals surface area (Å²) >= 11 is 6.81. The minimum Gasteiger partial charge on any atom is -0.490 e. The van der Waals surface area contributed by atoms with E-state index in [0.717, 1.165) is 27.5 Å². The van der Waals surface area contributed by atoms with E-state index in [4.69, 9.17) is 4.74 Å². The Hall–Kier alpha value is -1.13. The molecule has 0 saturated heterocycles. The van der Waals surface area contributed by atoms with Gasteiger partial charge >= 0.3 is 0 Å². The molecule has 0 aromatic heterocycles. The van der Waals surface area contributed by atoms with Gasteiger partial charge < -0.3 is 4.74 Å². The Bertz CT molecular complexity index is 646. The van der Waals surface area contributed by atoms with E-state index in [0.29, 0.717) is 17.2 Å². The Labute approximate surface area is 134 Å². The summed E-state index contributed by atoms with van der Waals surface area (Å²) in [5.74, 6) is 0.835. The number of carbonyl (C=O) groups is 1. The van der Waals surface area contributed by atoms with Gasteiger partial charge in [-0.3, -0.25) is 4.79 Å². The summed E-state index contributed by atoms with van der Waals surface area (Å²) in [4.78, 5) is 12.4. The fourth-order valence-corrected chi connectivity index (χ4v) is 3.12. The van der Waals surface area contributed by atoms with Gasteiger partial charge in [-0.2, -0.15) is 0 Å². The van der Waals surface area contributed by atoms with Gasteiger partial charge in [0.15, 0.2) is 5.78 Å². The van der Waals surface area contributed by atoms with Crippen LogP contribution in [0.3, 0.4) is 0 Å². The van der Waals surface area contributed by atoms with Crippen LogP contribution in [0.5, 0.6) is 5.75 Å². The lowest BCUT2D eigenvalue weighted by atomic mass is 10.0. The first-order valence-electron chi connectivity index (χ1n) is 6.40. The predicted molar refractivity (Wildman–Crippen MR) is 85.4 cm³/mol. The lowest BCUT2D eigenvalue weighted by Gasteiger charge is -2.07. The van der Waals surface area contributed by atoms with E-state index in [9.17, 15) is 4.79 Å². The van der Waals surface area contributed by atoms with Gasteiger partial charge in [0.2, 0.25) is 0 Å².